The molecule has 0 unspecified atom stereocenters. The van der Waals surface area contributed by atoms with Crippen LogP contribution in [-0.2, 0) is 43.5 Å². The Bertz CT molecular complexity index is 1140. The Hall–Kier alpha value is -2.63. The van der Waals surface area contributed by atoms with Gasteiger partial charge in [0.25, 0.3) is 0 Å². The molecule has 2 aromatic carbocycles. The quantitative estimate of drug-likeness (QED) is 0.261. The van der Waals surface area contributed by atoms with Crippen molar-refractivity contribution >= 4 is 18.4 Å². The first-order valence-electron chi connectivity index (χ1n) is 13.9. The van der Waals surface area contributed by atoms with Gasteiger partial charge in [0.2, 0.25) is 0 Å². The smallest absolute Gasteiger partial charge is 0.872 e. The van der Waals surface area contributed by atoms with Crippen molar-refractivity contribution < 1.29 is 37.2 Å². The molecule has 0 aliphatic rings. The van der Waals surface area contributed by atoms with Gasteiger partial charge < -0.3 is 20.1 Å². The molecule has 1 radical (unpaired) electrons. The summed E-state index contributed by atoms with van der Waals surface area (Å²) in [6.45, 7) is 27.2. The van der Waals surface area contributed by atoms with Crippen molar-refractivity contribution in [2.75, 3.05) is 13.1 Å². The molecule has 0 N–H and O–H groups in total. The Kier molecular flexibility index (Phi) is 13.6. The largest absolute Gasteiger partial charge is 3.00 e. The molecule has 0 fully saturated rings. The van der Waals surface area contributed by atoms with E-state index in [2.05, 4.69) is 93.1 Å². The predicted octanol–water partition coefficient (Wildman–Crippen LogP) is 5.32. The summed E-state index contributed by atoms with van der Waals surface area (Å²) in [5.74, 6) is -1.01. The van der Waals surface area contributed by atoms with Crippen molar-refractivity contribution in [3.63, 3.8) is 0 Å². The van der Waals surface area contributed by atoms with Gasteiger partial charge in [0.05, 0.1) is 13.1 Å². The van der Waals surface area contributed by atoms with Gasteiger partial charge >= 0.3 is 17.1 Å². The molecule has 0 amide bonds. The Balaban J connectivity index is 0.00000299. The summed E-state index contributed by atoms with van der Waals surface area (Å²) in [5, 5.41) is 35.1. The molecule has 0 bridgehead atoms. The third-order valence-electron chi connectivity index (χ3n) is 6.40. The van der Waals surface area contributed by atoms with E-state index >= 15 is 0 Å². The molecule has 2 aromatic rings. The Labute approximate surface area is 258 Å². The number of carbonyl (C=O) groups is 1. The van der Waals surface area contributed by atoms with Crippen LogP contribution in [0, 0.1) is 0 Å². The van der Waals surface area contributed by atoms with Crippen LogP contribution in [0.15, 0.2) is 34.3 Å². The average Bonchev–Trinajstić information content (AvgIpc) is 2.74. The molecule has 0 saturated carbocycles. The maximum absolute atomic E-state index is 13.1. The fourth-order valence-electron chi connectivity index (χ4n) is 3.92. The second kappa shape index (κ2) is 14.5. The van der Waals surface area contributed by atoms with Crippen molar-refractivity contribution in [3.8, 4) is 11.5 Å². The molecule has 6 nitrogen and oxygen atoms in total. The van der Waals surface area contributed by atoms with Crippen molar-refractivity contribution in [2.45, 2.75) is 112 Å². The number of carbonyl (C=O) groups excluding carboxylic acids is 1. The second-order valence-corrected chi connectivity index (χ2v) is 14.4. The van der Waals surface area contributed by atoms with Crippen LogP contribution in [0.4, 0.5) is 0 Å². The number of aliphatic carboxylic acids is 1. The van der Waals surface area contributed by atoms with Crippen molar-refractivity contribution in [2.24, 2.45) is 9.98 Å². The SMILES string of the molecule is CC(=O)[O-].CC(C)(C)c1cc(C=NCCN=Cc2cc(C(C)(C)C)cc(C(C)(C)C)c2[O-])c([O-])c(C(C)(C)C)c1.[Fe+3]. The Morgan fingerprint density at radius 1 is 0.634 bits per heavy atom. The van der Waals surface area contributed by atoms with Gasteiger partial charge in [-0.05, 0) is 62.0 Å². The fraction of sp³-hybridized carbons (Fsp3) is 0.559. The van der Waals surface area contributed by atoms with Crippen molar-refractivity contribution in [3.05, 3.63) is 57.6 Å². The molecule has 0 atom stereocenters. The fourth-order valence-corrected chi connectivity index (χ4v) is 3.92. The third-order valence-corrected chi connectivity index (χ3v) is 6.40. The molecule has 0 aliphatic carbocycles. The molecule has 7 heteroatoms. The van der Waals surface area contributed by atoms with E-state index < -0.39 is 5.97 Å². The minimum atomic E-state index is -1.08. The minimum Gasteiger partial charge on any atom is -0.872 e. The summed E-state index contributed by atoms with van der Waals surface area (Å²) < 4.78 is 0. The van der Waals surface area contributed by atoms with Gasteiger partial charge in [0.15, 0.2) is 0 Å². The zero-order valence-electron chi connectivity index (χ0n) is 27.3. The van der Waals surface area contributed by atoms with Crippen LogP contribution >= 0.6 is 0 Å². The van der Waals surface area contributed by atoms with Crippen LogP contribution in [0.25, 0.3) is 0 Å². The summed E-state index contributed by atoms with van der Waals surface area (Å²) in [6, 6.07) is 8.00. The molecule has 0 aliphatic heterocycles. The van der Waals surface area contributed by atoms with Gasteiger partial charge in [-0.25, -0.2) is 0 Å². The standard InChI is InChI=1S/C32H48N2O2.C2H4O2.Fe/c1-29(2,3)23-15-21(27(35)25(17-23)31(7,8)9)19-33-13-14-34-20-22-16-24(30(4,5)6)18-26(28(22)36)32(10,11)12;1-2(3)4;/h15-20,35-36H,13-14H2,1-12H3;1H3,(H,3,4);/q;;+3/p-3. The van der Waals surface area contributed by atoms with Crippen LogP contribution in [0.3, 0.4) is 0 Å². The molecule has 2 rings (SSSR count). The third kappa shape index (κ3) is 12.0. The molecule has 0 spiro atoms. The van der Waals surface area contributed by atoms with Gasteiger partial charge in [0.1, 0.15) is 0 Å². The number of rotatable bonds is 5. The number of hydrogen-bond acceptors (Lipinski definition) is 6. The maximum atomic E-state index is 13.1. The zero-order valence-corrected chi connectivity index (χ0v) is 28.4. The number of benzene rings is 2. The van der Waals surface area contributed by atoms with E-state index in [1.165, 1.54) is 0 Å². The van der Waals surface area contributed by atoms with E-state index in [1.807, 2.05) is 24.3 Å². The normalized spacial score (nSPS) is 12.7. The molecule has 227 valence electrons. The number of nitrogens with zero attached hydrogens (tertiary/aromatic N) is 2. The molecule has 0 saturated heterocycles. The van der Waals surface area contributed by atoms with Gasteiger partial charge in [-0.15, -0.1) is 0 Å². The zero-order chi connectivity index (χ0) is 31.3. The van der Waals surface area contributed by atoms with Gasteiger partial charge in [-0.3, -0.25) is 9.98 Å². The first-order valence-corrected chi connectivity index (χ1v) is 13.9. The van der Waals surface area contributed by atoms with Gasteiger partial charge in [-0.2, -0.15) is 0 Å². The summed E-state index contributed by atoms with van der Waals surface area (Å²) in [7, 11) is 0. The van der Waals surface area contributed by atoms with E-state index in [9.17, 15) is 10.2 Å². The topological polar surface area (TPSA) is 111 Å². The number of carboxylic acids is 1. The number of hydrogen-bond donors (Lipinski definition) is 0. The van der Waals surface area contributed by atoms with Crippen LogP contribution < -0.4 is 15.3 Å². The summed E-state index contributed by atoms with van der Waals surface area (Å²) in [6.07, 6.45) is 3.36. The first-order chi connectivity index (χ1) is 18.0. The predicted molar refractivity (Wildman–Crippen MR) is 162 cm³/mol. The second-order valence-electron chi connectivity index (χ2n) is 14.4. The summed E-state index contributed by atoms with van der Waals surface area (Å²) >= 11 is 0. The van der Waals surface area contributed by atoms with E-state index in [1.54, 1.807) is 12.4 Å². The number of aliphatic imine (C=N–C) groups is 2. The van der Waals surface area contributed by atoms with Gasteiger partial charge in [0, 0.05) is 18.4 Å². The molecule has 41 heavy (non-hydrogen) atoms. The Morgan fingerprint density at radius 3 is 1.12 bits per heavy atom. The van der Waals surface area contributed by atoms with Crippen LogP contribution in [0.1, 0.15) is 123 Å². The first kappa shape index (κ1) is 38.4. The van der Waals surface area contributed by atoms with Crippen molar-refractivity contribution in [1.29, 1.82) is 0 Å². The van der Waals surface area contributed by atoms with E-state index in [4.69, 9.17) is 9.90 Å². The van der Waals surface area contributed by atoms with Crippen LogP contribution in [0.2, 0.25) is 0 Å². The minimum absolute atomic E-state index is 0. The van der Waals surface area contributed by atoms with E-state index in [-0.39, 0.29) is 50.2 Å². The van der Waals surface area contributed by atoms with Crippen LogP contribution in [-0.4, -0.2) is 31.5 Å². The summed E-state index contributed by atoms with van der Waals surface area (Å²) in [5.41, 5.74) is 4.50. The number of carboxylic acid groups (broad SMARTS) is 1. The van der Waals surface area contributed by atoms with Crippen LogP contribution in [0.5, 0.6) is 11.5 Å². The molecule has 0 heterocycles. The van der Waals surface area contributed by atoms with E-state index in [0.717, 1.165) is 29.2 Å². The van der Waals surface area contributed by atoms with Gasteiger partial charge in [-0.1, -0.05) is 119 Å². The average molecular weight is 606 g/mol. The monoisotopic (exact) mass is 605 g/mol. The van der Waals surface area contributed by atoms with E-state index in [0.29, 0.717) is 24.2 Å². The van der Waals surface area contributed by atoms with Crippen molar-refractivity contribution in [1.82, 2.24) is 0 Å². The maximum Gasteiger partial charge on any atom is 3.00 e. The molecule has 0 aromatic heterocycles. The Morgan fingerprint density at radius 2 is 0.902 bits per heavy atom. The summed E-state index contributed by atoms with van der Waals surface area (Å²) in [4.78, 5) is 17.9. The molecular formula is C34H49FeN2O4. The molecular weight excluding hydrogens is 556 g/mol.